The molecule has 0 saturated carbocycles. The summed E-state index contributed by atoms with van der Waals surface area (Å²) < 4.78 is 2.45. The summed E-state index contributed by atoms with van der Waals surface area (Å²) in [5, 5.41) is 13.1. The molecule has 0 saturated heterocycles. The smallest absolute Gasteiger partial charge is 0.338 e. The van der Waals surface area contributed by atoms with E-state index in [2.05, 4.69) is 5.10 Å². The van der Waals surface area contributed by atoms with Crippen molar-refractivity contribution in [2.24, 2.45) is 0 Å². The highest BCUT2D eigenvalue weighted by Crippen LogP contribution is 2.35. The number of hydrogen-bond acceptors (Lipinski definition) is 3. The predicted molar refractivity (Wildman–Crippen MR) is 59.1 cm³/mol. The normalized spacial score (nSPS) is 20.3. The molecule has 0 aromatic carbocycles. The van der Waals surface area contributed by atoms with E-state index in [9.17, 15) is 4.79 Å². The van der Waals surface area contributed by atoms with Gasteiger partial charge in [-0.05, 0) is 6.42 Å². The SMILES string of the molecule is O=C(O)c1cnn(CC2CC=C(Cl)S2)c1. The average Bonchev–Trinajstić information content (AvgIpc) is 2.76. The second-order valence-electron chi connectivity index (χ2n) is 3.24. The first-order valence-electron chi connectivity index (χ1n) is 4.43. The Hall–Kier alpha value is -0.940. The minimum atomic E-state index is -0.948. The van der Waals surface area contributed by atoms with Gasteiger partial charge in [-0.3, -0.25) is 4.68 Å². The lowest BCUT2D eigenvalue weighted by molar-refractivity contribution is 0.0697. The van der Waals surface area contributed by atoms with Gasteiger partial charge in [-0.2, -0.15) is 5.10 Å². The van der Waals surface area contributed by atoms with E-state index in [4.69, 9.17) is 16.7 Å². The monoisotopic (exact) mass is 244 g/mol. The van der Waals surface area contributed by atoms with Crippen LogP contribution in [0.5, 0.6) is 0 Å². The van der Waals surface area contributed by atoms with Crippen molar-refractivity contribution in [3.63, 3.8) is 0 Å². The molecule has 6 heteroatoms. The highest BCUT2D eigenvalue weighted by Gasteiger charge is 2.17. The van der Waals surface area contributed by atoms with Crippen molar-refractivity contribution >= 4 is 29.3 Å². The molecule has 1 unspecified atom stereocenters. The van der Waals surface area contributed by atoms with E-state index in [0.717, 1.165) is 10.8 Å². The molecule has 0 fully saturated rings. The molecule has 4 nitrogen and oxygen atoms in total. The third-order valence-electron chi connectivity index (χ3n) is 2.09. The molecule has 0 bridgehead atoms. The number of carboxylic acid groups (broad SMARTS) is 1. The number of rotatable bonds is 3. The van der Waals surface area contributed by atoms with E-state index in [1.54, 1.807) is 16.4 Å². The third-order valence-corrected chi connectivity index (χ3v) is 3.58. The van der Waals surface area contributed by atoms with Crippen LogP contribution in [0.25, 0.3) is 0 Å². The fourth-order valence-corrected chi connectivity index (χ4v) is 2.77. The van der Waals surface area contributed by atoms with Crippen LogP contribution in [0.4, 0.5) is 0 Å². The maximum Gasteiger partial charge on any atom is 0.338 e. The number of hydrogen-bond donors (Lipinski definition) is 1. The molecule has 0 radical (unpaired) electrons. The zero-order valence-electron chi connectivity index (χ0n) is 7.76. The molecule has 1 aromatic rings. The largest absolute Gasteiger partial charge is 0.478 e. The Morgan fingerprint density at radius 3 is 3.13 bits per heavy atom. The second-order valence-corrected chi connectivity index (χ2v) is 5.21. The summed E-state index contributed by atoms with van der Waals surface area (Å²) in [4.78, 5) is 10.6. The molecule has 1 aliphatic rings. The van der Waals surface area contributed by atoms with Crippen molar-refractivity contribution in [3.05, 3.63) is 28.4 Å². The van der Waals surface area contributed by atoms with Crippen LogP contribution in [0, 0.1) is 0 Å². The summed E-state index contributed by atoms with van der Waals surface area (Å²) >= 11 is 7.43. The lowest BCUT2D eigenvalue weighted by Gasteiger charge is -2.07. The first-order valence-corrected chi connectivity index (χ1v) is 5.69. The zero-order valence-corrected chi connectivity index (χ0v) is 9.33. The number of thioether (sulfide) groups is 1. The molecule has 0 aliphatic carbocycles. The van der Waals surface area contributed by atoms with Gasteiger partial charge in [0.25, 0.3) is 0 Å². The van der Waals surface area contributed by atoms with Crippen molar-refractivity contribution < 1.29 is 9.90 Å². The Balaban J connectivity index is 1.97. The Morgan fingerprint density at radius 1 is 1.80 bits per heavy atom. The standard InChI is InChI=1S/C9H9ClN2O2S/c10-8-2-1-7(15-8)5-12-4-6(3-11-12)9(13)14/h2-4,7H,1,5H2,(H,13,14). The summed E-state index contributed by atoms with van der Waals surface area (Å²) in [7, 11) is 0. The van der Waals surface area contributed by atoms with Gasteiger partial charge < -0.3 is 5.11 Å². The summed E-state index contributed by atoms with van der Waals surface area (Å²) in [5.74, 6) is -0.948. The number of allylic oxidation sites excluding steroid dienone is 1. The van der Waals surface area contributed by atoms with Crippen LogP contribution in [0.2, 0.25) is 0 Å². The van der Waals surface area contributed by atoms with Gasteiger partial charge in [0.05, 0.1) is 22.7 Å². The molecule has 15 heavy (non-hydrogen) atoms. The number of halogens is 1. The third kappa shape index (κ3) is 2.54. The van der Waals surface area contributed by atoms with Crippen molar-refractivity contribution in [2.45, 2.75) is 18.2 Å². The predicted octanol–water partition coefficient (Wildman–Crippen LogP) is 2.17. The van der Waals surface area contributed by atoms with E-state index >= 15 is 0 Å². The molecule has 1 aromatic heterocycles. The number of carboxylic acids is 1. The first kappa shape index (κ1) is 10.6. The minimum Gasteiger partial charge on any atom is -0.478 e. The molecule has 2 heterocycles. The summed E-state index contributed by atoms with van der Waals surface area (Å²) in [6.07, 6.45) is 5.77. The lowest BCUT2D eigenvalue weighted by atomic mass is 10.3. The molecular formula is C9H9ClN2O2S. The molecular weight excluding hydrogens is 236 g/mol. The van der Waals surface area contributed by atoms with E-state index in [1.807, 2.05) is 6.08 Å². The fourth-order valence-electron chi connectivity index (χ4n) is 1.37. The Bertz CT molecular complexity index is 416. The van der Waals surface area contributed by atoms with Gasteiger partial charge in [0.1, 0.15) is 0 Å². The molecule has 1 N–H and O–H groups in total. The van der Waals surface area contributed by atoms with Crippen molar-refractivity contribution in [3.8, 4) is 0 Å². The topological polar surface area (TPSA) is 55.1 Å². The highest BCUT2D eigenvalue weighted by molar-refractivity contribution is 8.05. The van der Waals surface area contributed by atoms with Crippen LogP contribution < -0.4 is 0 Å². The molecule has 1 aliphatic heterocycles. The van der Waals surface area contributed by atoms with Crippen molar-refractivity contribution in [1.82, 2.24) is 9.78 Å². The number of nitrogens with zero attached hydrogens (tertiary/aromatic N) is 2. The minimum absolute atomic E-state index is 0.219. The molecule has 1 atom stereocenters. The molecule has 0 amide bonds. The van der Waals surface area contributed by atoms with E-state index in [1.165, 1.54) is 12.4 Å². The quantitative estimate of drug-likeness (QED) is 0.885. The van der Waals surface area contributed by atoms with E-state index in [-0.39, 0.29) is 5.56 Å². The first-order chi connectivity index (χ1) is 7.15. The molecule has 80 valence electrons. The number of carbonyl (C=O) groups is 1. The average molecular weight is 245 g/mol. The van der Waals surface area contributed by atoms with Crippen molar-refractivity contribution in [1.29, 1.82) is 0 Å². The van der Waals surface area contributed by atoms with Gasteiger partial charge in [0, 0.05) is 11.4 Å². The second kappa shape index (κ2) is 4.28. The van der Waals surface area contributed by atoms with Crippen LogP contribution in [-0.2, 0) is 6.54 Å². The van der Waals surface area contributed by atoms with Crippen LogP contribution in [0.15, 0.2) is 22.8 Å². The maximum atomic E-state index is 10.6. The van der Waals surface area contributed by atoms with Crippen molar-refractivity contribution in [2.75, 3.05) is 0 Å². The highest BCUT2D eigenvalue weighted by atomic mass is 35.5. The van der Waals surface area contributed by atoms with Crippen LogP contribution in [-0.4, -0.2) is 26.1 Å². The van der Waals surface area contributed by atoms with E-state index in [0.29, 0.717) is 11.8 Å². The van der Waals surface area contributed by atoms with Gasteiger partial charge in [0.15, 0.2) is 0 Å². The number of aromatic carboxylic acids is 1. The maximum absolute atomic E-state index is 10.6. The van der Waals surface area contributed by atoms with Gasteiger partial charge in [-0.15, -0.1) is 11.8 Å². The summed E-state index contributed by atoms with van der Waals surface area (Å²) in [6.45, 7) is 0.685. The summed E-state index contributed by atoms with van der Waals surface area (Å²) in [5.41, 5.74) is 0.219. The fraction of sp³-hybridized carbons (Fsp3) is 0.333. The Kier molecular flexibility index (Phi) is 3.02. The van der Waals surface area contributed by atoms with Gasteiger partial charge in [-0.1, -0.05) is 17.7 Å². The van der Waals surface area contributed by atoms with Crippen LogP contribution in [0.1, 0.15) is 16.8 Å². The van der Waals surface area contributed by atoms with Crippen LogP contribution in [0.3, 0.4) is 0 Å². The van der Waals surface area contributed by atoms with Gasteiger partial charge in [-0.25, -0.2) is 4.79 Å². The van der Waals surface area contributed by atoms with E-state index < -0.39 is 5.97 Å². The molecule has 0 spiro atoms. The Morgan fingerprint density at radius 2 is 2.60 bits per heavy atom. The van der Waals surface area contributed by atoms with Gasteiger partial charge in [0.2, 0.25) is 0 Å². The van der Waals surface area contributed by atoms with Gasteiger partial charge >= 0.3 is 5.97 Å². The summed E-state index contributed by atoms with van der Waals surface area (Å²) in [6, 6.07) is 0. The zero-order chi connectivity index (χ0) is 10.8. The van der Waals surface area contributed by atoms with Crippen LogP contribution >= 0.6 is 23.4 Å². The number of aromatic nitrogens is 2. The Labute approximate surface area is 95.9 Å². The lowest BCUT2D eigenvalue weighted by Crippen LogP contribution is -2.10. The molecule has 2 rings (SSSR count).